The van der Waals surface area contributed by atoms with E-state index in [1.54, 1.807) is 0 Å². The second-order valence-corrected chi connectivity index (χ2v) is 3.13. The van der Waals surface area contributed by atoms with Crippen molar-refractivity contribution in [2.24, 2.45) is 5.73 Å². The Bertz CT molecular complexity index is 489. The van der Waals surface area contributed by atoms with Crippen LogP contribution < -0.4 is 11.5 Å². The van der Waals surface area contributed by atoms with Gasteiger partial charge in [-0.1, -0.05) is 30.3 Å². The lowest BCUT2D eigenvalue weighted by atomic mass is 10.1. The van der Waals surface area contributed by atoms with Crippen molar-refractivity contribution in [2.75, 3.05) is 5.73 Å². The summed E-state index contributed by atoms with van der Waals surface area (Å²) in [4.78, 5) is 11.2. The van der Waals surface area contributed by atoms with Crippen molar-refractivity contribution in [2.45, 2.75) is 0 Å². The smallest absolute Gasteiger partial charge is 0.254 e. The highest BCUT2D eigenvalue weighted by atomic mass is 16.3. The van der Waals surface area contributed by atoms with E-state index in [0.29, 0.717) is 5.76 Å². The van der Waals surface area contributed by atoms with E-state index >= 15 is 0 Å². The second-order valence-electron chi connectivity index (χ2n) is 3.13. The van der Waals surface area contributed by atoms with Gasteiger partial charge >= 0.3 is 0 Å². The number of nitrogen functional groups attached to an aromatic ring is 1. The lowest BCUT2D eigenvalue weighted by Crippen LogP contribution is -2.12. The second kappa shape index (κ2) is 3.49. The molecule has 0 aliphatic rings. The van der Waals surface area contributed by atoms with Crippen LogP contribution in [0.5, 0.6) is 0 Å². The first-order chi connectivity index (χ1) is 7.20. The lowest BCUT2D eigenvalue weighted by Gasteiger charge is -1.99. The molecule has 15 heavy (non-hydrogen) atoms. The molecule has 0 atom stereocenters. The molecule has 0 fully saturated rings. The molecule has 0 aliphatic carbocycles. The van der Waals surface area contributed by atoms with Gasteiger partial charge in [-0.2, -0.15) is 0 Å². The van der Waals surface area contributed by atoms with Crippen molar-refractivity contribution in [3.05, 3.63) is 42.2 Å². The van der Waals surface area contributed by atoms with Crippen LogP contribution in [0.1, 0.15) is 10.4 Å². The molecule has 4 heteroatoms. The van der Waals surface area contributed by atoms with Crippen molar-refractivity contribution in [1.82, 2.24) is 0 Å². The molecule has 1 aromatic carbocycles. The highest BCUT2D eigenvalue weighted by molar-refractivity contribution is 6.03. The number of anilines is 1. The maximum Gasteiger partial charge on any atom is 0.254 e. The molecule has 4 N–H and O–H groups in total. The molecule has 0 unspecified atom stereocenters. The Morgan fingerprint density at radius 2 is 1.87 bits per heavy atom. The predicted octanol–water partition coefficient (Wildman–Crippen LogP) is 1.63. The summed E-state index contributed by atoms with van der Waals surface area (Å²) in [7, 11) is 0. The fourth-order valence-corrected chi connectivity index (χ4v) is 1.43. The van der Waals surface area contributed by atoms with Crippen LogP contribution >= 0.6 is 0 Å². The van der Waals surface area contributed by atoms with Crippen LogP contribution in [0, 0.1) is 0 Å². The van der Waals surface area contributed by atoms with E-state index < -0.39 is 5.91 Å². The summed E-state index contributed by atoms with van der Waals surface area (Å²) in [5.41, 5.74) is 12.1. The Balaban J connectivity index is 2.59. The van der Waals surface area contributed by atoms with Gasteiger partial charge in [-0.05, 0) is 0 Å². The van der Waals surface area contributed by atoms with Crippen molar-refractivity contribution < 1.29 is 9.21 Å². The molecule has 0 saturated heterocycles. The Labute approximate surface area is 86.5 Å². The van der Waals surface area contributed by atoms with E-state index in [1.165, 1.54) is 6.26 Å². The molecule has 0 aliphatic heterocycles. The number of benzene rings is 1. The average molecular weight is 202 g/mol. The van der Waals surface area contributed by atoms with Gasteiger partial charge in [-0.15, -0.1) is 0 Å². The number of hydrogen-bond acceptors (Lipinski definition) is 3. The van der Waals surface area contributed by atoms with Gasteiger partial charge in [-0.3, -0.25) is 4.79 Å². The van der Waals surface area contributed by atoms with E-state index in [4.69, 9.17) is 15.9 Å². The minimum absolute atomic E-state index is 0.237. The van der Waals surface area contributed by atoms with Crippen LogP contribution in [0.25, 0.3) is 11.3 Å². The van der Waals surface area contributed by atoms with Gasteiger partial charge < -0.3 is 15.9 Å². The largest absolute Gasteiger partial charge is 0.461 e. The van der Waals surface area contributed by atoms with E-state index in [2.05, 4.69) is 0 Å². The third-order valence-corrected chi connectivity index (χ3v) is 2.10. The van der Waals surface area contributed by atoms with Crippen molar-refractivity contribution in [3.8, 4) is 11.3 Å². The van der Waals surface area contributed by atoms with Gasteiger partial charge in [0.25, 0.3) is 5.91 Å². The monoisotopic (exact) mass is 202 g/mol. The first-order valence-corrected chi connectivity index (χ1v) is 4.42. The lowest BCUT2D eigenvalue weighted by molar-refractivity contribution is 0.100. The summed E-state index contributed by atoms with van der Waals surface area (Å²) < 4.78 is 5.22. The van der Waals surface area contributed by atoms with Crippen LogP contribution in [0.15, 0.2) is 41.0 Å². The Hall–Kier alpha value is -2.23. The molecule has 1 heterocycles. The number of rotatable bonds is 2. The third-order valence-electron chi connectivity index (χ3n) is 2.10. The molecular weight excluding hydrogens is 192 g/mol. The highest BCUT2D eigenvalue weighted by Gasteiger charge is 2.17. The van der Waals surface area contributed by atoms with E-state index in [-0.39, 0.29) is 11.3 Å². The number of primary amides is 1. The average Bonchev–Trinajstić information content (AvgIpc) is 2.61. The van der Waals surface area contributed by atoms with Crippen molar-refractivity contribution >= 4 is 11.6 Å². The fraction of sp³-hybridized carbons (Fsp3) is 0. The van der Waals surface area contributed by atoms with Gasteiger partial charge in [-0.25, -0.2) is 0 Å². The summed E-state index contributed by atoms with van der Waals surface area (Å²) in [5, 5.41) is 0. The van der Waals surface area contributed by atoms with E-state index in [9.17, 15) is 4.79 Å². The number of furan rings is 1. The zero-order chi connectivity index (χ0) is 10.8. The molecule has 2 aromatic rings. The zero-order valence-electron chi connectivity index (χ0n) is 7.94. The molecule has 2 rings (SSSR count). The fourth-order valence-electron chi connectivity index (χ4n) is 1.43. The Morgan fingerprint density at radius 1 is 1.20 bits per heavy atom. The van der Waals surface area contributed by atoms with Gasteiger partial charge in [0.15, 0.2) is 0 Å². The predicted molar refractivity (Wildman–Crippen MR) is 57.1 cm³/mol. The Morgan fingerprint density at radius 3 is 2.47 bits per heavy atom. The summed E-state index contributed by atoms with van der Waals surface area (Å²) >= 11 is 0. The Kier molecular flexibility index (Phi) is 2.17. The molecule has 1 amide bonds. The number of carbonyl (C=O) groups excluding carboxylic acids is 1. The van der Waals surface area contributed by atoms with Crippen LogP contribution in [-0.4, -0.2) is 5.91 Å². The van der Waals surface area contributed by atoms with Gasteiger partial charge in [0.2, 0.25) is 0 Å². The van der Waals surface area contributed by atoms with E-state index in [1.807, 2.05) is 30.3 Å². The summed E-state index contributed by atoms with van der Waals surface area (Å²) in [5.74, 6) is -0.166. The molecule has 1 aromatic heterocycles. The van der Waals surface area contributed by atoms with Crippen LogP contribution in [0.3, 0.4) is 0 Å². The molecule has 0 saturated carbocycles. The van der Waals surface area contributed by atoms with Gasteiger partial charge in [0.05, 0.1) is 5.69 Å². The van der Waals surface area contributed by atoms with Crippen LogP contribution in [-0.2, 0) is 0 Å². The SMILES string of the molecule is NC(=O)c1c(N)coc1-c1ccccc1. The minimum atomic E-state index is -0.583. The minimum Gasteiger partial charge on any atom is -0.461 e. The molecule has 4 nitrogen and oxygen atoms in total. The molecule has 0 bridgehead atoms. The first kappa shape index (κ1) is 9.33. The van der Waals surface area contributed by atoms with Crippen molar-refractivity contribution in [1.29, 1.82) is 0 Å². The molecule has 0 spiro atoms. The van der Waals surface area contributed by atoms with Crippen LogP contribution in [0.2, 0.25) is 0 Å². The number of hydrogen-bond donors (Lipinski definition) is 2. The topological polar surface area (TPSA) is 82.2 Å². The summed E-state index contributed by atoms with van der Waals surface area (Å²) in [6.45, 7) is 0. The maximum atomic E-state index is 11.2. The summed E-state index contributed by atoms with van der Waals surface area (Å²) in [6.07, 6.45) is 1.32. The van der Waals surface area contributed by atoms with Crippen molar-refractivity contribution in [3.63, 3.8) is 0 Å². The molecular formula is C11H10N2O2. The number of amides is 1. The zero-order valence-corrected chi connectivity index (χ0v) is 7.94. The maximum absolute atomic E-state index is 11.2. The first-order valence-electron chi connectivity index (χ1n) is 4.42. The molecule has 0 radical (unpaired) electrons. The summed E-state index contributed by atoms with van der Waals surface area (Å²) in [6, 6.07) is 9.22. The quantitative estimate of drug-likeness (QED) is 0.776. The standard InChI is InChI=1S/C11H10N2O2/c12-8-6-15-10(9(8)11(13)14)7-4-2-1-3-5-7/h1-6H,12H2,(H2,13,14). The third kappa shape index (κ3) is 1.57. The molecule has 76 valence electrons. The van der Waals surface area contributed by atoms with E-state index in [0.717, 1.165) is 5.56 Å². The van der Waals surface area contributed by atoms with Crippen LogP contribution in [0.4, 0.5) is 5.69 Å². The highest BCUT2D eigenvalue weighted by Crippen LogP contribution is 2.28. The van der Waals surface area contributed by atoms with Gasteiger partial charge in [0.1, 0.15) is 17.6 Å². The number of nitrogens with two attached hydrogens (primary N) is 2. The van der Waals surface area contributed by atoms with Gasteiger partial charge in [0, 0.05) is 5.56 Å². The normalized spacial score (nSPS) is 10.1. The number of carbonyl (C=O) groups is 1.